The second-order valence-corrected chi connectivity index (χ2v) is 5.56. The second-order valence-electron chi connectivity index (χ2n) is 5.56. The zero-order valence-corrected chi connectivity index (χ0v) is 14.4. The molecule has 24 heavy (non-hydrogen) atoms. The maximum absolute atomic E-state index is 11.9. The predicted molar refractivity (Wildman–Crippen MR) is 92.8 cm³/mol. The summed E-state index contributed by atoms with van der Waals surface area (Å²) in [6, 6.07) is 7.14. The molecule has 0 fully saturated rings. The summed E-state index contributed by atoms with van der Waals surface area (Å²) in [6.45, 7) is 5.26. The van der Waals surface area contributed by atoms with Crippen molar-refractivity contribution < 1.29 is 19.5 Å². The molecular weight excluding hydrogens is 308 g/mol. The molecule has 0 radical (unpaired) electrons. The first kappa shape index (κ1) is 19.7. The number of benzene rings is 1. The molecule has 0 aromatic heterocycles. The largest absolute Gasteiger partial charge is 0.481 e. The molecule has 132 valence electrons. The Hall–Kier alpha value is -2.37. The van der Waals surface area contributed by atoms with Gasteiger partial charge in [0, 0.05) is 38.0 Å². The Balaban J connectivity index is 2.34. The van der Waals surface area contributed by atoms with Gasteiger partial charge in [-0.1, -0.05) is 12.1 Å². The fraction of sp³-hybridized carbons (Fsp3) is 0.500. The van der Waals surface area contributed by atoms with Crippen LogP contribution in [-0.4, -0.2) is 40.9 Å². The van der Waals surface area contributed by atoms with E-state index in [4.69, 9.17) is 5.11 Å². The van der Waals surface area contributed by atoms with E-state index < -0.39 is 5.97 Å². The summed E-state index contributed by atoms with van der Waals surface area (Å²) >= 11 is 0. The Bertz CT molecular complexity index is 551. The standard InChI is InChI=1S/C18H26N2O4/c1-3-20(4-2)17(22)7-5-6-16(21)19-15-11-8-14(9-12-15)10-13-18(23)24/h8-9,11-12H,3-7,10,13H2,1-2H3,(H,19,21)(H,23,24). The monoisotopic (exact) mass is 334 g/mol. The maximum Gasteiger partial charge on any atom is 0.303 e. The van der Waals surface area contributed by atoms with Gasteiger partial charge < -0.3 is 15.3 Å². The summed E-state index contributed by atoms with van der Waals surface area (Å²) in [4.78, 5) is 36.0. The van der Waals surface area contributed by atoms with E-state index in [1.807, 2.05) is 26.0 Å². The number of hydrogen-bond donors (Lipinski definition) is 2. The van der Waals surface area contributed by atoms with Gasteiger partial charge in [0.2, 0.25) is 11.8 Å². The predicted octanol–water partition coefficient (Wildman–Crippen LogP) is 2.68. The number of nitrogens with one attached hydrogen (secondary N) is 1. The van der Waals surface area contributed by atoms with Gasteiger partial charge in [-0.05, 0) is 44.4 Å². The van der Waals surface area contributed by atoms with Gasteiger partial charge in [-0.3, -0.25) is 14.4 Å². The third kappa shape index (κ3) is 7.26. The van der Waals surface area contributed by atoms with E-state index in [1.165, 1.54) is 0 Å². The number of carboxylic acids is 1. The number of nitrogens with zero attached hydrogens (tertiary/aromatic N) is 1. The number of rotatable bonds is 10. The fourth-order valence-electron chi connectivity index (χ4n) is 2.36. The van der Waals surface area contributed by atoms with Crippen molar-refractivity contribution in [3.63, 3.8) is 0 Å². The molecule has 6 heteroatoms. The summed E-state index contributed by atoms with van der Waals surface area (Å²) in [5.74, 6) is -0.872. The summed E-state index contributed by atoms with van der Waals surface area (Å²) in [5, 5.41) is 11.4. The lowest BCUT2D eigenvalue weighted by Gasteiger charge is -2.18. The van der Waals surface area contributed by atoms with Crippen molar-refractivity contribution in [2.75, 3.05) is 18.4 Å². The van der Waals surface area contributed by atoms with Crippen molar-refractivity contribution in [1.29, 1.82) is 0 Å². The van der Waals surface area contributed by atoms with Crippen molar-refractivity contribution in [2.45, 2.75) is 46.0 Å². The minimum Gasteiger partial charge on any atom is -0.481 e. The lowest BCUT2D eigenvalue weighted by Crippen LogP contribution is -2.30. The zero-order valence-electron chi connectivity index (χ0n) is 14.4. The summed E-state index contributed by atoms with van der Waals surface area (Å²) < 4.78 is 0. The van der Waals surface area contributed by atoms with Crippen LogP contribution in [0.4, 0.5) is 5.69 Å². The summed E-state index contributed by atoms with van der Waals surface area (Å²) in [7, 11) is 0. The molecule has 1 rings (SSSR count). The first-order valence-corrected chi connectivity index (χ1v) is 8.34. The molecule has 0 saturated heterocycles. The number of aliphatic carboxylic acids is 1. The lowest BCUT2D eigenvalue weighted by molar-refractivity contribution is -0.137. The number of amides is 2. The molecule has 1 aromatic carbocycles. The Labute approximate surface area is 142 Å². The number of hydrogen-bond acceptors (Lipinski definition) is 3. The first-order chi connectivity index (χ1) is 11.5. The van der Waals surface area contributed by atoms with Gasteiger partial charge in [-0.25, -0.2) is 0 Å². The average molecular weight is 334 g/mol. The number of carbonyl (C=O) groups is 3. The average Bonchev–Trinajstić information content (AvgIpc) is 2.55. The molecule has 0 saturated carbocycles. The lowest BCUT2D eigenvalue weighted by atomic mass is 10.1. The Morgan fingerprint density at radius 2 is 1.62 bits per heavy atom. The van der Waals surface area contributed by atoms with Crippen LogP contribution in [0.5, 0.6) is 0 Å². The van der Waals surface area contributed by atoms with Crippen LogP contribution in [0.25, 0.3) is 0 Å². The maximum atomic E-state index is 11.9. The Morgan fingerprint density at radius 3 is 2.17 bits per heavy atom. The quantitative estimate of drug-likeness (QED) is 0.689. The minimum absolute atomic E-state index is 0.0792. The highest BCUT2D eigenvalue weighted by atomic mass is 16.4. The Morgan fingerprint density at radius 1 is 1.00 bits per heavy atom. The number of carboxylic acid groups (broad SMARTS) is 1. The molecule has 1 aromatic rings. The van der Waals surface area contributed by atoms with Crippen LogP contribution in [0.2, 0.25) is 0 Å². The fourth-order valence-corrected chi connectivity index (χ4v) is 2.36. The van der Waals surface area contributed by atoms with Crippen molar-refractivity contribution in [3.8, 4) is 0 Å². The van der Waals surface area contributed by atoms with Crippen LogP contribution in [0.15, 0.2) is 24.3 Å². The third-order valence-electron chi connectivity index (χ3n) is 3.78. The normalized spacial score (nSPS) is 10.2. The topological polar surface area (TPSA) is 86.7 Å². The number of anilines is 1. The van der Waals surface area contributed by atoms with E-state index in [2.05, 4.69) is 5.32 Å². The minimum atomic E-state index is -0.827. The highest BCUT2D eigenvalue weighted by Gasteiger charge is 2.10. The second kappa shape index (κ2) is 10.4. The molecule has 0 unspecified atom stereocenters. The smallest absolute Gasteiger partial charge is 0.303 e. The van der Waals surface area contributed by atoms with Crippen LogP contribution in [0, 0.1) is 0 Å². The van der Waals surface area contributed by atoms with Gasteiger partial charge >= 0.3 is 5.97 Å². The molecule has 0 spiro atoms. The van der Waals surface area contributed by atoms with E-state index in [0.717, 1.165) is 5.56 Å². The van der Waals surface area contributed by atoms with E-state index in [9.17, 15) is 14.4 Å². The van der Waals surface area contributed by atoms with Gasteiger partial charge in [0.1, 0.15) is 0 Å². The van der Waals surface area contributed by atoms with Crippen molar-refractivity contribution in [1.82, 2.24) is 4.90 Å². The molecule has 0 aliphatic rings. The van der Waals surface area contributed by atoms with E-state index in [0.29, 0.717) is 44.5 Å². The van der Waals surface area contributed by atoms with Gasteiger partial charge in [0.25, 0.3) is 0 Å². The molecule has 0 atom stereocenters. The third-order valence-corrected chi connectivity index (χ3v) is 3.78. The van der Waals surface area contributed by atoms with Crippen LogP contribution in [0.1, 0.15) is 45.1 Å². The van der Waals surface area contributed by atoms with Crippen molar-refractivity contribution >= 4 is 23.5 Å². The molecule has 0 bridgehead atoms. The highest BCUT2D eigenvalue weighted by molar-refractivity contribution is 5.91. The highest BCUT2D eigenvalue weighted by Crippen LogP contribution is 2.12. The van der Waals surface area contributed by atoms with Gasteiger partial charge in [0.15, 0.2) is 0 Å². The Kier molecular flexibility index (Phi) is 8.54. The van der Waals surface area contributed by atoms with Gasteiger partial charge in [0.05, 0.1) is 0 Å². The zero-order chi connectivity index (χ0) is 17.9. The first-order valence-electron chi connectivity index (χ1n) is 8.34. The summed E-state index contributed by atoms with van der Waals surface area (Å²) in [5.41, 5.74) is 1.59. The molecule has 0 aliphatic carbocycles. The van der Waals surface area contributed by atoms with Gasteiger partial charge in [-0.15, -0.1) is 0 Å². The van der Waals surface area contributed by atoms with Crippen LogP contribution in [-0.2, 0) is 20.8 Å². The number of carbonyl (C=O) groups excluding carboxylic acids is 2. The molecule has 6 nitrogen and oxygen atoms in total. The van der Waals surface area contributed by atoms with Crippen LogP contribution >= 0.6 is 0 Å². The van der Waals surface area contributed by atoms with E-state index in [1.54, 1.807) is 17.0 Å². The van der Waals surface area contributed by atoms with Crippen molar-refractivity contribution in [3.05, 3.63) is 29.8 Å². The number of aryl methyl sites for hydroxylation is 1. The summed E-state index contributed by atoms with van der Waals surface area (Å²) in [6.07, 6.45) is 1.76. The van der Waals surface area contributed by atoms with E-state index in [-0.39, 0.29) is 18.2 Å². The van der Waals surface area contributed by atoms with Gasteiger partial charge in [-0.2, -0.15) is 0 Å². The molecule has 0 heterocycles. The SMILES string of the molecule is CCN(CC)C(=O)CCCC(=O)Nc1ccc(CCC(=O)O)cc1. The van der Waals surface area contributed by atoms with Crippen LogP contribution in [0.3, 0.4) is 0 Å². The molecular formula is C18H26N2O4. The van der Waals surface area contributed by atoms with Crippen LogP contribution < -0.4 is 5.32 Å². The molecule has 0 aliphatic heterocycles. The molecule has 2 N–H and O–H groups in total. The molecule has 2 amide bonds. The van der Waals surface area contributed by atoms with Crippen molar-refractivity contribution in [2.24, 2.45) is 0 Å². The van der Waals surface area contributed by atoms with E-state index >= 15 is 0 Å².